The molecule has 0 spiro atoms. The number of methoxy groups -OCH3 is 1. The number of nitrogens with one attached hydrogen (secondary N) is 1. The summed E-state index contributed by atoms with van der Waals surface area (Å²) in [6.07, 6.45) is 2.00. The minimum absolute atomic E-state index is 0.232. The fourth-order valence-electron chi connectivity index (χ4n) is 2.17. The molecule has 0 aliphatic heterocycles. The predicted octanol–water partition coefficient (Wildman–Crippen LogP) is 3.13. The minimum atomic E-state index is -3.50. The van der Waals surface area contributed by atoms with Crippen LogP contribution in [0.4, 0.5) is 0 Å². The maximum atomic E-state index is 12.3. The Labute approximate surface area is 132 Å². The van der Waals surface area contributed by atoms with E-state index in [1.54, 1.807) is 19.2 Å². The lowest BCUT2D eigenvalue weighted by Crippen LogP contribution is -2.23. The van der Waals surface area contributed by atoms with E-state index in [-0.39, 0.29) is 11.4 Å². The van der Waals surface area contributed by atoms with Crippen LogP contribution in [-0.2, 0) is 23.0 Å². The van der Waals surface area contributed by atoms with Crippen LogP contribution in [-0.4, -0.2) is 15.5 Å². The molecule has 0 aliphatic carbocycles. The molecule has 0 atom stereocenters. The third-order valence-corrected chi connectivity index (χ3v) is 4.79. The Morgan fingerprint density at radius 1 is 1.05 bits per heavy atom. The van der Waals surface area contributed by atoms with Crippen molar-refractivity contribution < 1.29 is 13.2 Å². The average molecular weight is 319 g/mol. The van der Waals surface area contributed by atoms with Crippen LogP contribution in [0.2, 0.25) is 0 Å². The normalized spacial score (nSPS) is 11.4. The van der Waals surface area contributed by atoms with E-state index < -0.39 is 10.0 Å². The third-order valence-electron chi connectivity index (χ3n) is 3.37. The molecular formula is C17H21NO3S. The van der Waals surface area contributed by atoms with E-state index in [1.165, 1.54) is 0 Å². The van der Waals surface area contributed by atoms with Crippen molar-refractivity contribution in [3.8, 4) is 5.75 Å². The summed E-state index contributed by atoms with van der Waals surface area (Å²) in [5.41, 5.74) is 2.00. The third kappa shape index (κ3) is 4.32. The van der Waals surface area contributed by atoms with Gasteiger partial charge < -0.3 is 4.74 Å². The second kappa shape index (κ2) is 7.42. The van der Waals surface area contributed by atoms with Crippen molar-refractivity contribution >= 4 is 10.0 Å². The largest absolute Gasteiger partial charge is 0.497 e. The van der Waals surface area contributed by atoms with Crippen LogP contribution in [0.1, 0.15) is 24.5 Å². The van der Waals surface area contributed by atoms with E-state index in [4.69, 9.17) is 4.74 Å². The lowest BCUT2D eigenvalue weighted by Gasteiger charge is -2.08. The summed E-state index contributed by atoms with van der Waals surface area (Å²) in [4.78, 5) is 0.287. The molecule has 0 aromatic heterocycles. The topological polar surface area (TPSA) is 55.4 Å². The summed E-state index contributed by atoms with van der Waals surface area (Å²) in [7, 11) is -1.92. The first-order valence-corrected chi connectivity index (χ1v) is 8.75. The Balaban J connectivity index is 2.06. The summed E-state index contributed by atoms with van der Waals surface area (Å²) in [6.45, 7) is 2.33. The van der Waals surface area contributed by atoms with Gasteiger partial charge in [0.2, 0.25) is 10.0 Å². The summed E-state index contributed by atoms with van der Waals surface area (Å²) in [6, 6.07) is 14.4. The molecule has 0 fully saturated rings. The molecule has 2 aromatic carbocycles. The number of hydrogen-bond donors (Lipinski definition) is 1. The van der Waals surface area contributed by atoms with Crippen molar-refractivity contribution in [2.75, 3.05) is 7.11 Å². The van der Waals surface area contributed by atoms with Gasteiger partial charge in [0.05, 0.1) is 12.0 Å². The molecule has 1 N–H and O–H groups in total. The number of hydrogen-bond acceptors (Lipinski definition) is 3. The second-order valence-corrected chi connectivity index (χ2v) is 6.84. The zero-order valence-corrected chi connectivity index (χ0v) is 13.7. The van der Waals surface area contributed by atoms with Crippen molar-refractivity contribution in [3.63, 3.8) is 0 Å². The molecule has 5 heteroatoms. The van der Waals surface area contributed by atoms with Gasteiger partial charge in [-0.05, 0) is 41.8 Å². The van der Waals surface area contributed by atoms with Gasteiger partial charge in [-0.25, -0.2) is 13.1 Å². The van der Waals surface area contributed by atoms with Crippen molar-refractivity contribution in [2.45, 2.75) is 31.2 Å². The molecular weight excluding hydrogens is 298 g/mol. The first-order valence-electron chi connectivity index (χ1n) is 7.26. The van der Waals surface area contributed by atoms with Gasteiger partial charge in [-0.1, -0.05) is 37.6 Å². The number of aryl methyl sites for hydroxylation is 1. The van der Waals surface area contributed by atoms with Gasteiger partial charge in [0.1, 0.15) is 5.75 Å². The number of ether oxygens (including phenoxy) is 1. The molecule has 0 radical (unpaired) electrons. The first-order chi connectivity index (χ1) is 10.5. The summed E-state index contributed by atoms with van der Waals surface area (Å²) < 4.78 is 32.3. The Bertz CT molecular complexity index is 709. The van der Waals surface area contributed by atoms with Crippen LogP contribution < -0.4 is 9.46 Å². The molecule has 22 heavy (non-hydrogen) atoms. The highest BCUT2D eigenvalue weighted by Gasteiger charge is 2.13. The van der Waals surface area contributed by atoms with Crippen molar-refractivity contribution in [3.05, 3.63) is 59.7 Å². The van der Waals surface area contributed by atoms with Crippen LogP contribution in [0.5, 0.6) is 5.75 Å². The summed E-state index contributed by atoms with van der Waals surface area (Å²) in [5.74, 6) is 0.709. The Morgan fingerprint density at radius 2 is 1.77 bits per heavy atom. The van der Waals surface area contributed by atoms with Crippen LogP contribution in [0.25, 0.3) is 0 Å². The lowest BCUT2D eigenvalue weighted by molar-refractivity contribution is 0.414. The van der Waals surface area contributed by atoms with Gasteiger partial charge in [-0.15, -0.1) is 0 Å². The fraction of sp³-hybridized carbons (Fsp3) is 0.294. The van der Waals surface area contributed by atoms with Gasteiger partial charge in [0.25, 0.3) is 0 Å². The molecule has 0 saturated heterocycles. The molecule has 2 aromatic rings. The molecule has 0 amide bonds. The van der Waals surface area contributed by atoms with Crippen LogP contribution in [0, 0.1) is 0 Å². The first kappa shape index (κ1) is 16.5. The number of benzene rings is 2. The molecule has 4 nitrogen and oxygen atoms in total. The van der Waals surface area contributed by atoms with Gasteiger partial charge in [0, 0.05) is 6.54 Å². The Kier molecular flexibility index (Phi) is 5.57. The van der Waals surface area contributed by atoms with E-state index in [0.717, 1.165) is 24.0 Å². The van der Waals surface area contributed by atoms with Crippen LogP contribution in [0.15, 0.2) is 53.4 Å². The highest BCUT2D eigenvalue weighted by molar-refractivity contribution is 7.89. The van der Waals surface area contributed by atoms with E-state index in [0.29, 0.717) is 5.75 Å². The Morgan fingerprint density at radius 3 is 2.41 bits per heavy atom. The highest BCUT2D eigenvalue weighted by atomic mass is 32.2. The SMILES string of the molecule is CCCc1ccc(S(=O)(=O)NCc2cccc(OC)c2)cc1. The van der Waals surface area contributed by atoms with Gasteiger partial charge in [-0.2, -0.15) is 0 Å². The fourth-order valence-corrected chi connectivity index (χ4v) is 3.19. The van der Waals surface area contributed by atoms with E-state index >= 15 is 0 Å². The maximum Gasteiger partial charge on any atom is 0.240 e. The molecule has 0 unspecified atom stereocenters. The van der Waals surface area contributed by atoms with E-state index in [2.05, 4.69) is 11.6 Å². The zero-order valence-electron chi connectivity index (χ0n) is 12.9. The lowest BCUT2D eigenvalue weighted by atomic mass is 10.1. The van der Waals surface area contributed by atoms with Crippen molar-refractivity contribution in [1.29, 1.82) is 0 Å². The standard InChI is InChI=1S/C17H21NO3S/c1-3-5-14-8-10-17(11-9-14)22(19,20)18-13-15-6-4-7-16(12-15)21-2/h4,6-12,18H,3,5,13H2,1-2H3. The minimum Gasteiger partial charge on any atom is -0.497 e. The molecule has 118 valence electrons. The average Bonchev–Trinajstić information content (AvgIpc) is 2.54. The number of sulfonamides is 1. The monoisotopic (exact) mass is 319 g/mol. The van der Waals surface area contributed by atoms with Gasteiger partial charge >= 0.3 is 0 Å². The second-order valence-electron chi connectivity index (χ2n) is 5.07. The Hall–Kier alpha value is -1.85. The van der Waals surface area contributed by atoms with Crippen LogP contribution >= 0.6 is 0 Å². The van der Waals surface area contributed by atoms with Crippen LogP contribution in [0.3, 0.4) is 0 Å². The number of rotatable bonds is 7. The van der Waals surface area contributed by atoms with E-state index in [9.17, 15) is 8.42 Å². The summed E-state index contributed by atoms with van der Waals surface area (Å²) in [5, 5.41) is 0. The molecule has 2 rings (SSSR count). The maximum absolute atomic E-state index is 12.3. The molecule has 0 saturated carbocycles. The zero-order chi connectivity index (χ0) is 16.0. The predicted molar refractivity (Wildman–Crippen MR) is 87.5 cm³/mol. The molecule has 0 bridgehead atoms. The van der Waals surface area contributed by atoms with Gasteiger partial charge in [-0.3, -0.25) is 0 Å². The molecule has 0 heterocycles. The van der Waals surface area contributed by atoms with E-state index in [1.807, 2.05) is 36.4 Å². The summed E-state index contributed by atoms with van der Waals surface area (Å²) >= 11 is 0. The molecule has 0 aliphatic rings. The smallest absolute Gasteiger partial charge is 0.240 e. The highest BCUT2D eigenvalue weighted by Crippen LogP contribution is 2.15. The van der Waals surface area contributed by atoms with Crippen molar-refractivity contribution in [1.82, 2.24) is 4.72 Å². The quantitative estimate of drug-likeness (QED) is 0.853. The van der Waals surface area contributed by atoms with Gasteiger partial charge in [0.15, 0.2) is 0 Å². The van der Waals surface area contributed by atoms with Crippen molar-refractivity contribution in [2.24, 2.45) is 0 Å².